The maximum absolute atomic E-state index is 3.69. The first-order valence-corrected chi connectivity index (χ1v) is 8.90. The molecule has 0 aromatic carbocycles. The van der Waals surface area contributed by atoms with E-state index in [-0.39, 0.29) is 0 Å². The molecule has 3 heteroatoms. The number of hydrogen-bond acceptors (Lipinski definition) is 3. The van der Waals surface area contributed by atoms with Crippen LogP contribution in [0.25, 0.3) is 0 Å². The van der Waals surface area contributed by atoms with Crippen LogP contribution in [0.5, 0.6) is 0 Å². The van der Waals surface area contributed by atoms with Crippen molar-refractivity contribution in [1.82, 2.24) is 15.1 Å². The predicted octanol–water partition coefficient (Wildman–Crippen LogP) is 3.31. The molecule has 0 saturated heterocycles. The van der Waals surface area contributed by atoms with E-state index in [0.29, 0.717) is 5.41 Å². The summed E-state index contributed by atoms with van der Waals surface area (Å²) in [6, 6.07) is 0. The van der Waals surface area contributed by atoms with Crippen molar-refractivity contribution in [2.24, 2.45) is 11.3 Å². The normalized spacial score (nSPS) is 15.1. The van der Waals surface area contributed by atoms with Crippen molar-refractivity contribution in [3.8, 4) is 0 Å². The van der Waals surface area contributed by atoms with Crippen molar-refractivity contribution in [2.75, 3.05) is 53.4 Å². The van der Waals surface area contributed by atoms with Crippen LogP contribution in [0.3, 0.4) is 0 Å². The van der Waals surface area contributed by atoms with Gasteiger partial charge in [-0.15, -0.1) is 0 Å². The van der Waals surface area contributed by atoms with Gasteiger partial charge < -0.3 is 15.1 Å². The number of nitrogens with one attached hydrogen (secondary N) is 1. The van der Waals surface area contributed by atoms with Crippen molar-refractivity contribution in [2.45, 2.75) is 53.9 Å². The lowest BCUT2D eigenvalue weighted by Crippen LogP contribution is -2.45. The van der Waals surface area contributed by atoms with Gasteiger partial charge in [0.1, 0.15) is 0 Å². The molecule has 1 N–H and O–H groups in total. The second-order valence-electron chi connectivity index (χ2n) is 7.66. The maximum Gasteiger partial charge on any atom is 0.0109 e. The first-order chi connectivity index (χ1) is 9.83. The molecular weight excluding hydrogens is 258 g/mol. The van der Waals surface area contributed by atoms with Gasteiger partial charge in [0.05, 0.1) is 0 Å². The molecule has 0 aromatic rings. The topological polar surface area (TPSA) is 18.5 Å². The van der Waals surface area contributed by atoms with Gasteiger partial charge in [0.15, 0.2) is 0 Å². The standard InChI is InChI=1S/C18H41N3/c1-8-10-18(5,15-19-14-17(3)4)16-21(11-9-2)13-12-20(6)7/h17,19H,8-16H2,1-7H3. The molecule has 0 heterocycles. The molecule has 0 amide bonds. The van der Waals surface area contributed by atoms with Crippen LogP contribution in [-0.2, 0) is 0 Å². The third-order valence-corrected chi connectivity index (χ3v) is 3.97. The molecule has 3 nitrogen and oxygen atoms in total. The monoisotopic (exact) mass is 299 g/mol. The molecule has 0 bridgehead atoms. The number of likely N-dealkylation sites (N-methyl/N-ethyl adjacent to an activating group) is 1. The third-order valence-electron chi connectivity index (χ3n) is 3.97. The molecule has 1 atom stereocenters. The lowest BCUT2D eigenvalue weighted by atomic mass is 9.84. The summed E-state index contributed by atoms with van der Waals surface area (Å²) >= 11 is 0. The quantitative estimate of drug-likeness (QED) is 0.563. The van der Waals surface area contributed by atoms with Gasteiger partial charge in [0, 0.05) is 26.2 Å². The highest BCUT2D eigenvalue weighted by atomic mass is 15.2. The van der Waals surface area contributed by atoms with Crippen molar-refractivity contribution in [1.29, 1.82) is 0 Å². The van der Waals surface area contributed by atoms with E-state index in [2.05, 4.69) is 63.8 Å². The summed E-state index contributed by atoms with van der Waals surface area (Å²) in [5.74, 6) is 0.733. The van der Waals surface area contributed by atoms with Crippen molar-refractivity contribution < 1.29 is 0 Å². The van der Waals surface area contributed by atoms with E-state index in [4.69, 9.17) is 0 Å². The fourth-order valence-electron chi connectivity index (χ4n) is 2.96. The summed E-state index contributed by atoms with van der Waals surface area (Å²) < 4.78 is 0. The van der Waals surface area contributed by atoms with Crippen LogP contribution in [0.1, 0.15) is 53.9 Å². The van der Waals surface area contributed by atoms with Gasteiger partial charge in [-0.3, -0.25) is 0 Å². The maximum atomic E-state index is 3.69. The Morgan fingerprint density at radius 1 is 1.00 bits per heavy atom. The first kappa shape index (κ1) is 20.9. The summed E-state index contributed by atoms with van der Waals surface area (Å²) in [5, 5.41) is 3.69. The Balaban J connectivity index is 4.49. The zero-order valence-electron chi connectivity index (χ0n) is 15.8. The highest BCUT2D eigenvalue weighted by molar-refractivity contribution is 4.81. The van der Waals surface area contributed by atoms with Crippen LogP contribution in [0.4, 0.5) is 0 Å². The zero-order chi connectivity index (χ0) is 16.3. The Bertz CT molecular complexity index is 241. The first-order valence-electron chi connectivity index (χ1n) is 8.90. The molecule has 0 aliphatic carbocycles. The number of nitrogens with zero attached hydrogens (tertiary/aromatic N) is 2. The van der Waals surface area contributed by atoms with Gasteiger partial charge >= 0.3 is 0 Å². The lowest BCUT2D eigenvalue weighted by Gasteiger charge is -2.36. The van der Waals surface area contributed by atoms with Crippen molar-refractivity contribution in [3.05, 3.63) is 0 Å². The minimum absolute atomic E-state index is 0.394. The molecule has 21 heavy (non-hydrogen) atoms. The smallest absolute Gasteiger partial charge is 0.0109 e. The average Bonchev–Trinajstić information content (AvgIpc) is 2.36. The molecule has 0 aromatic heterocycles. The molecule has 128 valence electrons. The Morgan fingerprint density at radius 2 is 1.67 bits per heavy atom. The van der Waals surface area contributed by atoms with Gasteiger partial charge in [-0.05, 0) is 51.4 Å². The SMILES string of the molecule is CCCN(CCN(C)C)CC(C)(CCC)CNCC(C)C. The number of rotatable bonds is 13. The van der Waals surface area contributed by atoms with Crippen LogP contribution in [0, 0.1) is 11.3 Å². The third kappa shape index (κ3) is 11.1. The Kier molecular flexibility index (Phi) is 11.4. The van der Waals surface area contributed by atoms with Gasteiger partial charge in [0.25, 0.3) is 0 Å². The van der Waals surface area contributed by atoms with Crippen LogP contribution in [0.2, 0.25) is 0 Å². The van der Waals surface area contributed by atoms with Gasteiger partial charge in [0.2, 0.25) is 0 Å². The molecular formula is C18H41N3. The highest BCUT2D eigenvalue weighted by Crippen LogP contribution is 2.24. The number of hydrogen-bond donors (Lipinski definition) is 1. The van der Waals surface area contributed by atoms with E-state index >= 15 is 0 Å². The largest absolute Gasteiger partial charge is 0.316 e. The molecule has 1 unspecified atom stereocenters. The fourth-order valence-corrected chi connectivity index (χ4v) is 2.96. The molecule has 0 rings (SSSR count). The molecule has 0 radical (unpaired) electrons. The molecule has 0 aliphatic rings. The Morgan fingerprint density at radius 3 is 2.14 bits per heavy atom. The van der Waals surface area contributed by atoms with E-state index in [9.17, 15) is 0 Å². The average molecular weight is 300 g/mol. The van der Waals surface area contributed by atoms with E-state index < -0.39 is 0 Å². The Labute approximate surface area is 134 Å². The zero-order valence-corrected chi connectivity index (χ0v) is 15.8. The van der Waals surface area contributed by atoms with E-state index in [1.54, 1.807) is 0 Å². The Hall–Kier alpha value is -0.120. The molecule has 0 spiro atoms. The summed E-state index contributed by atoms with van der Waals surface area (Å²) in [4.78, 5) is 4.95. The van der Waals surface area contributed by atoms with Crippen molar-refractivity contribution in [3.63, 3.8) is 0 Å². The molecule has 0 saturated carbocycles. The molecule has 0 aliphatic heterocycles. The van der Waals surface area contributed by atoms with E-state index in [0.717, 1.165) is 25.6 Å². The van der Waals surface area contributed by atoms with E-state index in [1.165, 1.54) is 38.9 Å². The highest BCUT2D eigenvalue weighted by Gasteiger charge is 2.25. The van der Waals surface area contributed by atoms with E-state index in [1.807, 2.05) is 0 Å². The van der Waals surface area contributed by atoms with Crippen LogP contribution in [0.15, 0.2) is 0 Å². The van der Waals surface area contributed by atoms with Crippen LogP contribution < -0.4 is 5.32 Å². The molecule has 0 fully saturated rings. The summed E-state index contributed by atoms with van der Waals surface area (Å²) in [6.07, 6.45) is 3.82. The second kappa shape index (κ2) is 11.4. The second-order valence-corrected chi connectivity index (χ2v) is 7.66. The minimum atomic E-state index is 0.394. The van der Waals surface area contributed by atoms with Crippen LogP contribution >= 0.6 is 0 Å². The van der Waals surface area contributed by atoms with Gasteiger partial charge in [-0.25, -0.2) is 0 Å². The summed E-state index contributed by atoms with van der Waals surface area (Å²) in [6.45, 7) is 18.7. The fraction of sp³-hybridized carbons (Fsp3) is 1.00. The van der Waals surface area contributed by atoms with Gasteiger partial charge in [-0.1, -0.05) is 41.0 Å². The summed E-state index contributed by atoms with van der Waals surface area (Å²) in [7, 11) is 4.33. The predicted molar refractivity (Wildman–Crippen MR) is 96.0 cm³/mol. The summed E-state index contributed by atoms with van der Waals surface area (Å²) in [5.41, 5.74) is 0.394. The van der Waals surface area contributed by atoms with Crippen LogP contribution in [-0.4, -0.2) is 63.2 Å². The lowest BCUT2D eigenvalue weighted by molar-refractivity contribution is 0.139. The van der Waals surface area contributed by atoms with Crippen molar-refractivity contribution >= 4 is 0 Å². The minimum Gasteiger partial charge on any atom is -0.316 e. The van der Waals surface area contributed by atoms with Gasteiger partial charge in [-0.2, -0.15) is 0 Å².